The molecule has 3 nitrogen and oxygen atoms in total. The van der Waals surface area contributed by atoms with Crippen LogP contribution in [0.15, 0.2) is 36.5 Å². The lowest BCUT2D eigenvalue weighted by atomic mass is 10.1. The Bertz CT molecular complexity index is 502. The van der Waals surface area contributed by atoms with Crippen LogP contribution in [0.2, 0.25) is 0 Å². The average molecular weight is 243 g/mol. The fraction of sp³-hybridized carbons (Fsp3) is 0.400. The molecule has 0 saturated heterocycles. The molecule has 0 aliphatic carbocycles. The van der Waals surface area contributed by atoms with Gasteiger partial charge in [-0.1, -0.05) is 24.3 Å². The van der Waals surface area contributed by atoms with Crippen LogP contribution < -0.4 is 5.32 Å². The Hall–Kier alpha value is -1.61. The van der Waals surface area contributed by atoms with E-state index in [0.29, 0.717) is 6.04 Å². The second-order valence-electron chi connectivity index (χ2n) is 4.73. The van der Waals surface area contributed by atoms with Gasteiger partial charge in [-0.3, -0.25) is 4.68 Å². The first-order valence-corrected chi connectivity index (χ1v) is 6.44. The summed E-state index contributed by atoms with van der Waals surface area (Å²) in [5.74, 6) is 0. The van der Waals surface area contributed by atoms with Crippen molar-refractivity contribution in [1.82, 2.24) is 15.1 Å². The third-order valence-electron chi connectivity index (χ3n) is 3.41. The number of benzene rings is 1. The fourth-order valence-corrected chi connectivity index (χ4v) is 2.23. The zero-order chi connectivity index (χ0) is 13.0. The quantitative estimate of drug-likeness (QED) is 0.875. The van der Waals surface area contributed by atoms with E-state index >= 15 is 0 Å². The third-order valence-corrected chi connectivity index (χ3v) is 3.41. The van der Waals surface area contributed by atoms with E-state index in [1.165, 1.54) is 16.8 Å². The lowest BCUT2D eigenvalue weighted by Gasteiger charge is -2.14. The largest absolute Gasteiger partial charge is 0.309 e. The number of hydrogen-bond acceptors (Lipinski definition) is 2. The molecule has 0 fully saturated rings. The van der Waals surface area contributed by atoms with Gasteiger partial charge in [0.2, 0.25) is 0 Å². The minimum absolute atomic E-state index is 0.335. The van der Waals surface area contributed by atoms with Crippen LogP contribution in [0.4, 0.5) is 0 Å². The van der Waals surface area contributed by atoms with E-state index in [-0.39, 0.29) is 0 Å². The molecule has 0 amide bonds. The molecule has 1 unspecified atom stereocenters. The van der Waals surface area contributed by atoms with Gasteiger partial charge in [-0.25, -0.2) is 0 Å². The van der Waals surface area contributed by atoms with E-state index in [1.54, 1.807) is 0 Å². The average Bonchev–Trinajstić information content (AvgIpc) is 2.78. The van der Waals surface area contributed by atoms with Gasteiger partial charge in [0.1, 0.15) is 0 Å². The molecule has 0 saturated carbocycles. The summed E-state index contributed by atoms with van der Waals surface area (Å²) in [6, 6.07) is 11.0. The summed E-state index contributed by atoms with van der Waals surface area (Å²) in [5.41, 5.74) is 4.01. The van der Waals surface area contributed by atoms with Crippen molar-refractivity contribution < 1.29 is 0 Å². The molecular formula is C15H21N3. The van der Waals surface area contributed by atoms with Crippen molar-refractivity contribution in [3.8, 4) is 0 Å². The van der Waals surface area contributed by atoms with Crippen molar-refractivity contribution in [2.45, 2.75) is 26.3 Å². The molecule has 1 heterocycles. The molecule has 3 heteroatoms. The van der Waals surface area contributed by atoms with E-state index in [9.17, 15) is 0 Å². The summed E-state index contributed by atoms with van der Waals surface area (Å²) in [5, 5.41) is 7.74. The van der Waals surface area contributed by atoms with E-state index in [4.69, 9.17) is 0 Å². The Balaban J connectivity index is 1.86. The first kappa shape index (κ1) is 12.8. The van der Waals surface area contributed by atoms with Crippen molar-refractivity contribution in [1.29, 1.82) is 0 Å². The number of rotatable bonds is 5. The number of nitrogens with one attached hydrogen (secondary N) is 1. The summed E-state index contributed by atoms with van der Waals surface area (Å²) < 4.78 is 1.92. The van der Waals surface area contributed by atoms with Crippen LogP contribution >= 0.6 is 0 Å². The molecule has 0 bridgehead atoms. The minimum Gasteiger partial charge on any atom is -0.309 e. The maximum atomic E-state index is 4.19. The van der Waals surface area contributed by atoms with Gasteiger partial charge < -0.3 is 5.32 Å². The van der Waals surface area contributed by atoms with Crippen LogP contribution in [0.1, 0.15) is 29.8 Å². The Labute approximate surface area is 109 Å². The maximum Gasteiger partial charge on any atom is 0.0547 e. The maximum absolute atomic E-state index is 4.19. The molecule has 0 radical (unpaired) electrons. The normalized spacial score (nSPS) is 12.6. The minimum atomic E-state index is 0.335. The van der Waals surface area contributed by atoms with Crippen molar-refractivity contribution >= 4 is 0 Å². The molecule has 0 aliphatic rings. The molecule has 18 heavy (non-hydrogen) atoms. The summed E-state index contributed by atoms with van der Waals surface area (Å²) in [7, 11) is 1.98. The van der Waals surface area contributed by atoms with Gasteiger partial charge in [0.05, 0.1) is 5.69 Å². The molecule has 0 aliphatic heterocycles. The molecule has 1 N–H and O–H groups in total. The number of hydrogen-bond donors (Lipinski definition) is 1. The SMILES string of the molecule is Cc1ccccc1CCNC(C)c1ccnn1C. The van der Waals surface area contributed by atoms with Crippen molar-refractivity contribution in [2.24, 2.45) is 7.05 Å². The summed E-state index contributed by atoms with van der Waals surface area (Å²) in [6.07, 6.45) is 2.91. The lowest BCUT2D eigenvalue weighted by Crippen LogP contribution is -2.23. The van der Waals surface area contributed by atoms with Gasteiger partial charge in [0.25, 0.3) is 0 Å². The van der Waals surface area contributed by atoms with E-state index in [2.05, 4.69) is 54.6 Å². The van der Waals surface area contributed by atoms with Crippen LogP contribution in [0, 0.1) is 6.92 Å². The zero-order valence-corrected chi connectivity index (χ0v) is 11.4. The highest BCUT2D eigenvalue weighted by Crippen LogP contribution is 2.11. The lowest BCUT2D eigenvalue weighted by molar-refractivity contribution is 0.532. The second-order valence-corrected chi connectivity index (χ2v) is 4.73. The van der Waals surface area contributed by atoms with Crippen molar-refractivity contribution in [3.63, 3.8) is 0 Å². The van der Waals surface area contributed by atoms with Gasteiger partial charge in [0, 0.05) is 19.3 Å². The highest BCUT2D eigenvalue weighted by atomic mass is 15.3. The highest BCUT2D eigenvalue weighted by molar-refractivity contribution is 5.25. The molecule has 2 aromatic rings. The predicted molar refractivity (Wildman–Crippen MR) is 74.5 cm³/mol. The Kier molecular flexibility index (Phi) is 4.15. The van der Waals surface area contributed by atoms with Gasteiger partial charge in [0.15, 0.2) is 0 Å². The standard InChI is InChI=1S/C15H21N3/c1-12-6-4-5-7-14(12)8-10-16-13(2)15-9-11-17-18(15)3/h4-7,9,11,13,16H,8,10H2,1-3H3. The van der Waals surface area contributed by atoms with Crippen LogP contribution in [0.25, 0.3) is 0 Å². The molecule has 1 aromatic carbocycles. The van der Waals surface area contributed by atoms with Crippen LogP contribution in [-0.2, 0) is 13.5 Å². The Morgan fingerprint density at radius 2 is 2.06 bits per heavy atom. The van der Waals surface area contributed by atoms with Crippen molar-refractivity contribution in [3.05, 3.63) is 53.3 Å². The van der Waals surface area contributed by atoms with Crippen LogP contribution in [-0.4, -0.2) is 16.3 Å². The Morgan fingerprint density at radius 1 is 1.28 bits per heavy atom. The monoisotopic (exact) mass is 243 g/mol. The predicted octanol–water partition coefficient (Wildman–Crippen LogP) is 2.62. The molecular weight excluding hydrogens is 222 g/mol. The van der Waals surface area contributed by atoms with Gasteiger partial charge >= 0.3 is 0 Å². The van der Waals surface area contributed by atoms with Gasteiger partial charge in [-0.15, -0.1) is 0 Å². The highest BCUT2D eigenvalue weighted by Gasteiger charge is 2.08. The summed E-state index contributed by atoms with van der Waals surface area (Å²) >= 11 is 0. The third kappa shape index (κ3) is 2.99. The molecule has 96 valence electrons. The number of aryl methyl sites for hydroxylation is 2. The van der Waals surface area contributed by atoms with E-state index in [0.717, 1.165) is 13.0 Å². The number of aromatic nitrogens is 2. The fourth-order valence-electron chi connectivity index (χ4n) is 2.23. The summed E-state index contributed by atoms with van der Waals surface area (Å²) in [6.45, 7) is 5.33. The molecule has 1 atom stereocenters. The van der Waals surface area contributed by atoms with Gasteiger partial charge in [-0.2, -0.15) is 5.10 Å². The van der Waals surface area contributed by atoms with Crippen LogP contribution in [0.5, 0.6) is 0 Å². The zero-order valence-electron chi connectivity index (χ0n) is 11.4. The molecule has 1 aromatic heterocycles. The smallest absolute Gasteiger partial charge is 0.0547 e. The first-order chi connectivity index (χ1) is 8.68. The van der Waals surface area contributed by atoms with Gasteiger partial charge in [-0.05, 0) is 44.0 Å². The van der Waals surface area contributed by atoms with E-state index < -0.39 is 0 Å². The van der Waals surface area contributed by atoms with Crippen LogP contribution in [0.3, 0.4) is 0 Å². The Morgan fingerprint density at radius 3 is 2.72 bits per heavy atom. The first-order valence-electron chi connectivity index (χ1n) is 6.44. The van der Waals surface area contributed by atoms with E-state index in [1.807, 2.05) is 17.9 Å². The number of nitrogens with zero attached hydrogens (tertiary/aromatic N) is 2. The summed E-state index contributed by atoms with van der Waals surface area (Å²) in [4.78, 5) is 0. The molecule has 2 rings (SSSR count). The molecule has 0 spiro atoms. The van der Waals surface area contributed by atoms with Crippen molar-refractivity contribution in [2.75, 3.05) is 6.54 Å². The second kappa shape index (κ2) is 5.83. The topological polar surface area (TPSA) is 29.9 Å².